The van der Waals surface area contributed by atoms with Crippen LogP contribution in [0.1, 0.15) is 30.5 Å². The lowest BCUT2D eigenvalue weighted by atomic mass is 10.0. The Bertz CT molecular complexity index is 1190. The SMILES string of the molecule is CC[C@@H](NC(=O)CN(c1ccc(OC)cc1)S(=O)(=O)c1ccc(C)cc1)c1ccc(OC)cc1. The van der Waals surface area contributed by atoms with Crippen LogP contribution in [0.2, 0.25) is 0 Å². The van der Waals surface area contributed by atoms with Crippen LogP contribution < -0.4 is 19.1 Å². The first-order chi connectivity index (χ1) is 16.3. The number of carbonyl (C=O) groups is 1. The summed E-state index contributed by atoms with van der Waals surface area (Å²) in [6.45, 7) is 3.48. The van der Waals surface area contributed by atoms with Crippen LogP contribution in [0.25, 0.3) is 0 Å². The fourth-order valence-electron chi connectivity index (χ4n) is 3.53. The quantitative estimate of drug-likeness (QED) is 0.461. The van der Waals surface area contributed by atoms with Gasteiger partial charge >= 0.3 is 0 Å². The highest BCUT2D eigenvalue weighted by atomic mass is 32.2. The van der Waals surface area contributed by atoms with Crippen LogP contribution in [0.3, 0.4) is 0 Å². The van der Waals surface area contributed by atoms with E-state index in [2.05, 4.69) is 5.32 Å². The Morgan fingerprint density at radius 3 is 1.91 bits per heavy atom. The molecule has 0 saturated heterocycles. The minimum Gasteiger partial charge on any atom is -0.497 e. The van der Waals surface area contributed by atoms with Crippen molar-refractivity contribution in [3.05, 3.63) is 83.9 Å². The maximum atomic E-state index is 13.5. The number of nitrogens with one attached hydrogen (secondary N) is 1. The van der Waals surface area contributed by atoms with Crippen LogP contribution in [0.4, 0.5) is 5.69 Å². The molecule has 7 nitrogen and oxygen atoms in total. The summed E-state index contributed by atoms with van der Waals surface area (Å²) >= 11 is 0. The van der Waals surface area contributed by atoms with E-state index in [-0.39, 0.29) is 17.5 Å². The molecule has 0 saturated carbocycles. The lowest BCUT2D eigenvalue weighted by molar-refractivity contribution is -0.120. The number of methoxy groups -OCH3 is 2. The molecule has 8 heteroatoms. The highest BCUT2D eigenvalue weighted by molar-refractivity contribution is 7.92. The van der Waals surface area contributed by atoms with Crippen LogP contribution in [-0.2, 0) is 14.8 Å². The summed E-state index contributed by atoms with van der Waals surface area (Å²) in [4.78, 5) is 13.2. The molecule has 0 aromatic heterocycles. The van der Waals surface area contributed by atoms with Crippen LogP contribution in [0.15, 0.2) is 77.7 Å². The Morgan fingerprint density at radius 2 is 1.41 bits per heavy atom. The van der Waals surface area contributed by atoms with Crippen molar-refractivity contribution in [1.29, 1.82) is 0 Å². The lowest BCUT2D eigenvalue weighted by Gasteiger charge is -2.26. The van der Waals surface area contributed by atoms with E-state index in [1.807, 2.05) is 38.1 Å². The number of ether oxygens (including phenoxy) is 2. The van der Waals surface area contributed by atoms with Gasteiger partial charge in [0.05, 0.1) is 30.8 Å². The van der Waals surface area contributed by atoms with E-state index >= 15 is 0 Å². The third kappa shape index (κ3) is 5.88. The van der Waals surface area contributed by atoms with Gasteiger partial charge in [0.2, 0.25) is 5.91 Å². The number of hydrogen-bond donors (Lipinski definition) is 1. The highest BCUT2D eigenvalue weighted by Crippen LogP contribution is 2.26. The molecule has 34 heavy (non-hydrogen) atoms. The summed E-state index contributed by atoms with van der Waals surface area (Å²) in [5.41, 5.74) is 2.22. The van der Waals surface area contributed by atoms with Gasteiger partial charge in [0.1, 0.15) is 18.0 Å². The van der Waals surface area contributed by atoms with Crippen LogP contribution >= 0.6 is 0 Å². The van der Waals surface area contributed by atoms with Gasteiger partial charge in [-0.2, -0.15) is 0 Å². The molecule has 0 aliphatic carbocycles. The standard InChI is InChI=1S/C26H30N2O5S/c1-5-25(20-8-12-22(32-3)13-9-20)27-26(29)18-28(21-10-14-23(33-4)15-11-21)34(30,31)24-16-6-19(2)7-17-24/h6-17,25H,5,18H2,1-4H3,(H,27,29)/t25-/m1/s1. The van der Waals surface area contributed by atoms with Crippen molar-refractivity contribution >= 4 is 21.6 Å². The van der Waals surface area contributed by atoms with Gasteiger partial charge in [-0.15, -0.1) is 0 Å². The first-order valence-electron chi connectivity index (χ1n) is 10.9. The average Bonchev–Trinajstić information content (AvgIpc) is 2.86. The molecular weight excluding hydrogens is 452 g/mol. The van der Waals surface area contributed by atoms with Crippen molar-refractivity contribution in [2.45, 2.75) is 31.2 Å². The predicted octanol–water partition coefficient (Wildman–Crippen LogP) is 4.48. The van der Waals surface area contributed by atoms with Crippen LogP contribution in [0, 0.1) is 6.92 Å². The molecule has 3 rings (SSSR count). The third-order valence-corrected chi connectivity index (χ3v) is 7.31. The molecular formula is C26H30N2O5S. The maximum absolute atomic E-state index is 13.5. The summed E-state index contributed by atoms with van der Waals surface area (Å²) in [6, 6.07) is 20.3. The highest BCUT2D eigenvalue weighted by Gasteiger charge is 2.28. The van der Waals surface area contributed by atoms with Crippen molar-refractivity contribution in [3.63, 3.8) is 0 Å². The summed E-state index contributed by atoms with van der Waals surface area (Å²) in [5, 5.41) is 2.97. The first-order valence-corrected chi connectivity index (χ1v) is 12.4. The van der Waals surface area contributed by atoms with E-state index in [0.29, 0.717) is 17.9 Å². The van der Waals surface area contributed by atoms with E-state index in [0.717, 1.165) is 21.2 Å². The van der Waals surface area contributed by atoms with Gasteiger partial charge < -0.3 is 14.8 Å². The topological polar surface area (TPSA) is 84.9 Å². The number of nitrogens with zero attached hydrogens (tertiary/aromatic N) is 1. The fourth-order valence-corrected chi connectivity index (χ4v) is 4.95. The smallest absolute Gasteiger partial charge is 0.264 e. The normalized spacial score (nSPS) is 12.0. The second-order valence-electron chi connectivity index (χ2n) is 7.82. The van der Waals surface area contributed by atoms with Crippen molar-refractivity contribution in [3.8, 4) is 11.5 Å². The van der Waals surface area contributed by atoms with E-state index in [9.17, 15) is 13.2 Å². The number of sulfonamides is 1. The average molecular weight is 483 g/mol. The zero-order valence-electron chi connectivity index (χ0n) is 19.8. The Balaban J connectivity index is 1.89. The molecule has 0 spiro atoms. The molecule has 3 aromatic rings. The molecule has 0 aliphatic rings. The van der Waals surface area contributed by atoms with Gasteiger partial charge in [-0.3, -0.25) is 9.10 Å². The molecule has 3 aromatic carbocycles. The minimum atomic E-state index is -3.99. The van der Waals surface area contributed by atoms with Crippen LogP contribution in [-0.4, -0.2) is 35.1 Å². The monoisotopic (exact) mass is 482 g/mol. The summed E-state index contributed by atoms with van der Waals surface area (Å²) in [6.07, 6.45) is 0.644. The maximum Gasteiger partial charge on any atom is 0.264 e. The summed E-state index contributed by atoms with van der Waals surface area (Å²) in [5.74, 6) is 0.903. The number of rotatable bonds is 10. The number of amides is 1. The molecule has 1 N–H and O–H groups in total. The number of aryl methyl sites for hydroxylation is 1. The van der Waals surface area contributed by atoms with Gasteiger partial charge in [0.25, 0.3) is 10.0 Å². The molecule has 0 unspecified atom stereocenters. The third-order valence-electron chi connectivity index (χ3n) is 5.52. The Labute approximate surface area is 201 Å². The summed E-state index contributed by atoms with van der Waals surface area (Å²) < 4.78 is 38.6. The van der Waals surface area contributed by atoms with Crippen molar-refractivity contribution in [1.82, 2.24) is 5.32 Å². The van der Waals surface area contributed by atoms with Gasteiger partial charge in [-0.05, 0) is 67.4 Å². The predicted molar refractivity (Wildman–Crippen MR) is 133 cm³/mol. The Kier molecular flexibility index (Phi) is 8.17. The van der Waals surface area contributed by atoms with Crippen molar-refractivity contribution in [2.75, 3.05) is 25.1 Å². The summed E-state index contributed by atoms with van der Waals surface area (Å²) in [7, 11) is -0.858. The van der Waals surface area contributed by atoms with E-state index < -0.39 is 15.9 Å². The largest absolute Gasteiger partial charge is 0.497 e. The van der Waals surface area contributed by atoms with Gasteiger partial charge in [0, 0.05) is 0 Å². The van der Waals surface area contributed by atoms with Crippen molar-refractivity contribution in [2.24, 2.45) is 0 Å². The number of carbonyl (C=O) groups excluding carboxylic acids is 1. The van der Waals surface area contributed by atoms with Gasteiger partial charge in [-0.1, -0.05) is 36.8 Å². The second-order valence-corrected chi connectivity index (χ2v) is 9.69. The Morgan fingerprint density at radius 1 is 0.882 bits per heavy atom. The van der Waals surface area contributed by atoms with E-state index in [4.69, 9.17) is 9.47 Å². The molecule has 0 heterocycles. The molecule has 1 atom stereocenters. The van der Waals surface area contributed by atoms with Gasteiger partial charge in [-0.25, -0.2) is 8.42 Å². The van der Waals surface area contributed by atoms with Crippen molar-refractivity contribution < 1.29 is 22.7 Å². The minimum absolute atomic E-state index is 0.115. The fraction of sp³-hybridized carbons (Fsp3) is 0.269. The molecule has 0 radical (unpaired) electrons. The number of benzene rings is 3. The number of hydrogen-bond acceptors (Lipinski definition) is 5. The first kappa shape index (κ1) is 25.1. The molecule has 0 aliphatic heterocycles. The lowest BCUT2D eigenvalue weighted by Crippen LogP contribution is -2.42. The second kappa shape index (κ2) is 11.1. The Hall–Kier alpha value is -3.52. The van der Waals surface area contributed by atoms with E-state index in [1.165, 1.54) is 7.11 Å². The molecule has 0 bridgehead atoms. The zero-order chi connectivity index (χ0) is 24.7. The zero-order valence-corrected chi connectivity index (χ0v) is 20.6. The van der Waals surface area contributed by atoms with E-state index in [1.54, 1.807) is 55.6 Å². The van der Waals surface area contributed by atoms with Gasteiger partial charge in [0.15, 0.2) is 0 Å². The molecule has 0 fully saturated rings. The molecule has 180 valence electrons. The van der Waals surface area contributed by atoms with Crippen LogP contribution in [0.5, 0.6) is 11.5 Å². The molecule has 1 amide bonds. The number of anilines is 1.